The number of carboxylic acids is 1. The van der Waals surface area contributed by atoms with Gasteiger partial charge in [0.2, 0.25) is 0 Å². The first-order chi connectivity index (χ1) is 9.77. The third kappa shape index (κ3) is 3.56. The third-order valence-electron chi connectivity index (χ3n) is 2.75. The molecule has 3 nitrogen and oxygen atoms in total. The molecule has 7 heteroatoms. The van der Waals surface area contributed by atoms with Gasteiger partial charge in [-0.15, -0.1) is 0 Å². The maximum atomic E-state index is 13.4. The van der Waals surface area contributed by atoms with Crippen LogP contribution in [0.4, 0.5) is 17.6 Å². The van der Waals surface area contributed by atoms with Gasteiger partial charge in [-0.1, -0.05) is 12.1 Å². The molecule has 21 heavy (non-hydrogen) atoms. The van der Waals surface area contributed by atoms with Gasteiger partial charge < -0.3 is 5.11 Å². The van der Waals surface area contributed by atoms with E-state index >= 15 is 0 Å². The number of benzene rings is 1. The smallest absolute Gasteiger partial charge is 0.416 e. The van der Waals surface area contributed by atoms with Gasteiger partial charge in [-0.05, 0) is 24.3 Å². The lowest BCUT2D eigenvalue weighted by molar-refractivity contribution is -0.138. The van der Waals surface area contributed by atoms with Gasteiger partial charge in [-0.2, -0.15) is 13.2 Å². The number of carboxylic acid groups (broad SMARTS) is 1. The molecule has 0 radical (unpaired) electrons. The van der Waals surface area contributed by atoms with Gasteiger partial charge in [0.15, 0.2) is 0 Å². The molecule has 0 amide bonds. The molecule has 0 fully saturated rings. The highest BCUT2D eigenvalue weighted by Gasteiger charge is 2.30. The van der Waals surface area contributed by atoms with Crippen molar-refractivity contribution in [2.75, 3.05) is 0 Å². The molecule has 0 saturated heterocycles. The van der Waals surface area contributed by atoms with Gasteiger partial charge in [0.25, 0.3) is 0 Å². The van der Waals surface area contributed by atoms with Crippen LogP contribution >= 0.6 is 0 Å². The molecule has 1 aromatic heterocycles. The third-order valence-corrected chi connectivity index (χ3v) is 2.75. The lowest BCUT2D eigenvalue weighted by atomic mass is 10.1. The van der Waals surface area contributed by atoms with Crippen molar-refractivity contribution in [3.8, 4) is 11.3 Å². The highest BCUT2D eigenvalue weighted by atomic mass is 19.4. The molecule has 1 N–H and O–H groups in total. The predicted octanol–water partition coefficient (Wildman–Crippen LogP) is 3.53. The van der Waals surface area contributed by atoms with E-state index in [-0.39, 0.29) is 11.4 Å². The SMILES string of the molecule is O=C(O)Cc1nc(-c2ccc(C(F)(F)F)cc2)ccc1F. The fourth-order valence-electron chi connectivity index (χ4n) is 1.74. The quantitative estimate of drug-likeness (QED) is 0.882. The van der Waals surface area contributed by atoms with Crippen molar-refractivity contribution in [2.45, 2.75) is 12.6 Å². The molecule has 0 bridgehead atoms. The second-order valence-corrected chi connectivity index (χ2v) is 4.27. The van der Waals surface area contributed by atoms with Crippen molar-refractivity contribution in [1.82, 2.24) is 4.98 Å². The Bertz CT molecular complexity index is 666. The molecule has 0 atom stereocenters. The summed E-state index contributed by atoms with van der Waals surface area (Å²) in [5.74, 6) is -2.01. The fraction of sp³-hybridized carbons (Fsp3) is 0.143. The minimum Gasteiger partial charge on any atom is -0.481 e. The molecule has 2 rings (SSSR count). The van der Waals surface area contributed by atoms with E-state index in [1.54, 1.807) is 0 Å². The first-order valence-corrected chi connectivity index (χ1v) is 5.82. The van der Waals surface area contributed by atoms with Crippen LogP contribution in [0, 0.1) is 5.82 Å². The van der Waals surface area contributed by atoms with E-state index in [2.05, 4.69) is 4.98 Å². The monoisotopic (exact) mass is 299 g/mol. The van der Waals surface area contributed by atoms with Crippen LogP contribution in [0.5, 0.6) is 0 Å². The Morgan fingerprint density at radius 2 is 1.71 bits per heavy atom. The second kappa shape index (κ2) is 5.51. The summed E-state index contributed by atoms with van der Waals surface area (Å²) in [5.41, 5.74) is -0.518. The van der Waals surface area contributed by atoms with E-state index in [1.807, 2.05) is 0 Å². The minimum atomic E-state index is -4.44. The maximum absolute atomic E-state index is 13.4. The zero-order chi connectivity index (χ0) is 15.6. The van der Waals surface area contributed by atoms with Crippen LogP contribution in [0.25, 0.3) is 11.3 Å². The van der Waals surface area contributed by atoms with Gasteiger partial charge in [0.1, 0.15) is 5.82 Å². The largest absolute Gasteiger partial charge is 0.481 e. The molecule has 1 heterocycles. The number of rotatable bonds is 3. The lowest BCUT2D eigenvalue weighted by Gasteiger charge is -2.08. The van der Waals surface area contributed by atoms with Crippen LogP contribution in [0.3, 0.4) is 0 Å². The number of aliphatic carboxylic acids is 1. The number of aromatic nitrogens is 1. The Kier molecular flexibility index (Phi) is 3.93. The van der Waals surface area contributed by atoms with E-state index in [4.69, 9.17) is 5.11 Å². The van der Waals surface area contributed by atoms with Crippen LogP contribution in [0.15, 0.2) is 36.4 Å². The molecule has 0 saturated carbocycles. The highest BCUT2D eigenvalue weighted by molar-refractivity contribution is 5.70. The predicted molar refractivity (Wildman–Crippen MR) is 66.0 cm³/mol. The second-order valence-electron chi connectivity index (χ2n) is 4.27. The molecule has 2 aromatic rings. The molecule has 0 unspecified atom stereocenters. The number of pyridine rings is 1. The maximum Gasteiger partial charge on any atom is 0.416 e. The van der Waals surface area contributed by atoms with Crippen LogP contribution < -0.4 is 0 Å². The van der Waals surface area contributed by atoms with E-state index in [9.17, 15) is 22.4 Å². The van der Waals surface area contributed by atoms with Crippen LogP contribution in [0.2, 0.25) is 0 Å². The zero-order valence-corrected chi connectivity index (χ0v) is 10.5. The summed E-state index contributed by atoms with van der Waals surface area (Å²) in [6.45, 7) is 0. The van der Waals surface area contributed by atoms with Crippen LogP contribution in [-0.2, 0) is 17.4 Å². The summed E-state index contributed by atoms with van der Waals surface area (Å²) < 4.78 is 50.7. The standard InChI is InChI=1S/C14H9F4NO2/c15-10-5-6-11(19-12(10)7-13(20)21)8-1-3-9(4-2-8)14(16,17)18/h1-6H,7H2,(H,20,21). The number of carbonyl (C=O) groups is 1. The van der Waals surface area contributed by atoms with Gasteiger partial charge in [0.05, 0.1) is 23.4 Å². The fourth-order valence-corrected chi connectivity index (χ4v) is 1.74. The Morgan fingerprint density at radius 3 is 2.24 bits per heavy atom. The molecular weight excluding hydrogens is 290 g/mol. The minimum absolute atomic E-state index is 0.210. The first-order valence-electron chi connectivity index (χ1n) is 5.82. The lowest BCUT2D eigenvalue weighted by Crippen LogP contribution is -2.06. The zero-order valence-electron chi connectivity index (χ0n) is 10.5. The summed E-state index contributed by atoms with van der Waals surface area (Å²) in [6.07, 6.45) is -5.04. The average Bonchev–Trinajstić information content (AvgIpc) is 2.40. The van der Waals surface area contributed by atoms with E-state index in [0.717, 1.165) is 18.2 Å². The molecule has 0 aliphatic carbocycles. The van der Waals surface area contributed by atoms with Gasteiger partial charge in [-0.3, -0.25) is 4.79 Å². The first kappa shape index (κ1) is 15.0. The van der Waals surface area contributed by atoms with Gasteiger partial charge in [-0.25, -0.2) is 9.37 Å². The van der Waals surface area contributed by atoms with Crippen molar-refractivity contribution in [3.63, 3.8) is 0 Å². The Balaban J connectivity index is 2.36. The van der Waals surface area contributed by atoms with Crippen molar-refractivity contribution in [1.29, 1.82) is 0 Å². The Morgan fingerprint density at radius 1 is 1.10 bits per heavy atom. The number of hydrogen-bond donors (Lipinski definition) is 1. The molecule has 1 aromatic carbocycles. The van der Waals surface area contributed by atoms with Crippen molar-refractivity contribution >= 4 is 5.97 Å². The normalized spacial score (nSPS) is 11.4. The summed E-state index contributed by atoms with van der Waals surface area (Å²) in [7, 11) is 0. The molecule has 0 aliphatic rings. The Labute approximate surface area is 116 Å². The number of halogens is 4. The number of nitrogens with zero attached hydrogens (tertiary/aromatic N) is 1. The van der Waals surface area contributed by atoms with Crippen molar-refractivity contribution < 1.29 is 27.5 Å². The van der Waals surface area contributed by atoms with Crippen LogP contribution in [0.1, 0.15) is 11.3 Å². The van der Waals surface area contributed by atoms with Crippen LogP contribution in [-0.4, -0.2) is 16.1 Å². The highest BCUT2D eigenvalue weighted by Crippen LogP contribution is 2.30. The number of alkyl halides is 3. The van der Waals surface area contributed by atoms with E-state index < -0.39 is 29.9 Å². The average molecular weight is 299 g/mol. The summed E-state index contributed by atoms with van der Waals surface area (Å²) in [6, 6.07) is 6.50. The van der Waals surface area contributed by atoms with Crippen molar-refractivity contribution in [3.05, 3.63) is 53.5 Å². The topological polar surface area (TPSA) is 50.2 Å². The summed E-state index contributed by atoms with van der Waals surface area (Å²) in [5, 5.41) is 8.65. The van der Waals surface area contributed by atoms with Crippen molar-refractivity contribution in [2.24, 2.45) is 0 Å². The summed E-state index contributed by atoms with van der Waals surface area (Å²) in [4.78, 5) is 14.4. The van der Waals surface area contributed by atoms with E-state index in [1.165, 1.54) is 18.2 Å². The molecule has 0 spiro atoms. The van der Waals surface area contributed by atoms with Gasteiger partial charge in [0, 0.05) is 5.56 Å². The van der Waals surface area contributed by atoms with Gasteiger partial charge >= 0.3 is 12.1 Å². The summed E-state index contributed by atoms with van der Waals surface area (Å²) >= 11 is 0. The van der Waals surface area contributed by atoms with E-state index in [0.29, 0.717) is 5.56 Å². The molecule has 0 aliphatic heterocycles. The molecular formula is C14H9F4NO2. The Hall–Kier alpha value is -2.44. The number of hydrogen-bond acceptors (Lipinski definition) is 2. The molecule has 110 valence electrons.